The van der Waals surface area contributed by atoms with Crippen molar-refractivity contribution in [3.63, 3.8) is 0 Å². The molecule has 0 spiro atoms. The first-order valence-electron chi connectivity index (χ1n) is 5.61. The molecule has 0 aliphatic heterocycles. The second kappa shape index (κ2) is 6.80. The minimum atomic E-state index is -4.53. The number of hydrogen-bond donors (Lipinski definition) is 1. The molecule has 0 aromatic carbocycles. The topological polar surface area (TPSA) is 76.5 Å². The van der Waals surface area contributed by atoms with Crippen molar-refractivity contribution < 1.29 is 27.6 Å². The summed E-state index contributed by atoms with van der Waals surface area (Å²) in [7, 11) is 0. The van der Waals surface area contributed by atoms with Gasteiger partial charge >= 0.3 is 12.1 Å². The highest BCUT2D eigenvalue weighted by molar-refractivity contribution is 7.91. The molecule has 112 valence electrons. The number of pyridine rings is 1. The number of anilines is 1. The van der Waals surface area contributed by atoms with Crippen molar-refractivity contribution in [1.82, 2.24) is 4.98 Å². The van der Waals surface area contributed by atoms with E-state index < -0.39 is 36.4 Å². The Balaban J connectivity index is 2.93. The van der Waals surface area contributed by atoms with E-state index in [-0.39, 0.29) is 10.7 Å². The summed E-state index contributed by atoms with van der Waals surface area (Å²) < 4.78 is 48.7. The van der Waals surface area contributed by atoms with Crippen molar-refractivity contribution in [1.29, 1.82) is 0 Å². The Morgan fingerprint density at radius 1 is 1.50 bits per heavy atom. The van der Waals surface area contributed by atoms with Gasteiger partial charge in [-0.25, -0.2) is 4.98 Å². The summed E-state index contributed by atoms with van der Waals surface area (Å²) in [6.45, 7) is -0.499. The van der Waals surface area contributed by atoms with E-state index in [4.69, 9.17) is 5.11 Å². The van der Waals surface area contributed by atoms with Crippen LogP contribution in [0.5, 0.6) is 0 Å². The smallest absolute Gasteiger partial charge is 0.405 e. The maximum Gasteiger partial charge on any atom is 0.405 e. The zero-order valence-corrected chi connectivity index (χ0v) is 11.4. The summed E-state index contributed by atoms with van der Waals surface area (Å²) in [6, 6.07) is 2.62. The van der Waals surface area contributed by atoms with E-state index in [0.29, 0.717) is 10.7 Å². The lowest BCUT2D eigenvalue weighted by Gasteiger charge is -2.23. The van der Waals surface area contributed by atoms with E-state index in [1.807, 2.05) is 0 Å². The van der Waals surface area contributed by atoms with Crippen LogP contribution in [0.3, 0.4) is 0 Å². The minimum absolute atomic E-state index is 0.0154. The number of carboxylic acids is 1. The zero-order valence-electron chi connectivity index (χ0n) is 10.6. The highest BCUT2D eigenvalue weighted by Crippen LogP contribution is 2.22. The van der Waals surface area contributed by atoms with Crippen molar-refractivity contribution in [2.45, 2.75) is 18.1 Å². The Bertz CT molecular complexity index is 453. The molecule has 0 saturated carbocycles. The standard InChI is InChI=1S/C11H13F3N2O3S/c1-2-20(19)9-4-3-8(5-15-9)16(6-10(17)18)7-11(12,13)14/h3-5H,2,6-7H2,1H3,(H,17,18). The lowest BCUT2D eigenvalue weighted by atomic mass is 10.3. The average molecular weight is 310 g/mol. The van der Waals surface area contributed by atoms with Gasteiger partial charge in [0.1, 0.15) is 18.8 Å². The fraction of sp³-hybridized carbons (Fsp3) is 0.455. The second-order valence-electron chi connectivity index (χ2n) is 3.85. The van der Waals surface area contributed by atoms with E-state index in [2.05, 4.69) is 4.98 Å². The Kier molecular flexibility index (Phi) is 5.63. The maximum absolute atomic E-state index is 12.4. The fourth-order valence-corrected chi connectivity index (χ4v) is 2.15. The van der Waals surface area contributed by atoms with Crippen molar-refractivity contribution in [2.75, 3.05) is 23.7 Å². The molecule has 0 radical (unpaired) electrons. The Labute approximate surface area is 116 Å². The molecule has 1 unspecified atom stereocenters. The summed E-state index contributed by atoms with van der Waals surface area (Å²) >= 11 is -1.31. The van der Waals surface area contributed by atoms with Crippen molar-refractivity contribution in [2.24, 2.45) is 0 Å². The third kappa shape index (κ3) is 5.25. The highest BCUT2D eigenvalue weighted by atomic mass is 32.2. The summed E-state index contributed by atoms with van der Waals surface area (Å²) in [5.41, 5.74) is 0.0154. The number of alkyl halides is 3. The quantitative estimate of drug-likeness (QED) is 0.809. The van der Waals surface area contributed by atoms with E-state index >= 15 is 0 Å². The van der Waals surface area contributed by atoms with Gasteiger partial charge < -0.3 is 14.6 Å². The Hall–Kier alpha value is -1.48. The van der Waals surface area contributed by atoms with E-state index in [0.717, 1.165) is 6.20 Å². The van der Waals surface area contributed by atoms with Crippen LogP contribution in [0.2, 0.25) is 0 Å². The minimum Gasteiger partial charge on any atom is -0.610 e. The van der Waals surface area contributed by atoms with Crippen molar-refractivity contribution >= 4 is 22.8 Å². The number of nitrogens with zero attached hydrogens (tertiary/aromatic N) is 2. The Morgan fingerprint density at radius 3 is 2.55 bits per heavy atom. The summed E-state index contributed by atoms with van der Waals surface area (Å²) in [5.74, 6) is -1.04. The first-order chi connectivity index (χ1) is 9.23. The van der Waals surface area contributed by atoms with Gasteiger partial charge in [-0.2, -0.15) is 13.2 Å². The van der Waals surface area contributed by atoms with Gasteiger partial charge in [0.05, 0.1) is 11.9 Å². The van der Waals surface area contributed by atoms with Crippen LogP contribution < -0.4 is 4.90 Å². The van der Waals surface area contributed by atoms with Crippen LogP contribution in [0.15, 0.2) is 23.4 Å². The molecule has 1 N–H and O–H groups in total. The molecule has 5 nitrogen and oxygen atoms in total. The largest absolute Gasteiger partial charge is 0.610 e. The average Bonchev–Trinajstić information content (AvgIpc) is 2.35. The van der Waals surface area contributed by atoms with E-state index in [1.165, 1.54) is 12.1 Å². The molecule has 0 bridgehead atoms. The third-order valence-electron chi connectivity index (χ3n) is 2.28. The molecule has 0 aliphatic rings. The van der Waals surface area contributed by atoms with Crippen LogP contribution in [0.1, 0.15) is 6.92 Å². The predicted molar refractivity (Wildman–Crippen MR) is 67.1 cm³/mol. The van der Waals surface area contributed by atoms with Crippen LogP contribution in [0, 0.1) is 0 Å². The second-order valence-corrected chi connectivity index (χ2v) is 5.54. The van der Waals surface area contributed by atoms with Crippen LogP contribution in [0.4, 0.5) is 18.9 Å². The molecule has 9 heteroatoms. The van der Waals surface area contributed by atoms with Gasteiger partial charge in [-0.15, -0.1) is 0 Å². The first-order valence-corrected chi connectivity index (χ1v) is 6.92. The van der Waals surface area contributed by atoms with Crippen LogP contribution in [-0.2, 0) is 16.0 Å². The zero-order chi connectivity index (χ0) is 15.3. The summed E-state index contributed by atoms with van der Waals surface area (Å²) in [5, 5.41) is 8.89. The molecule has 1 rings (SSSR count). The molecule has 0 saturated heterocycles. The molecule has 0 aliphatic carbocycles. The SMILES string of the molecule is CC[S+]([O-])c1ccc(N(CC(=O)O)CC(F)(F)F)cn1. The molecule has 1 heterocycles. The Morgan fingerprint density at radius 2 is 2.15 bits per heavy atom. The molecule has 1 aromatic heterocycles. The highest BCUT2D eigenvalue weighted by Gasteiger charge is 2.32. The summed E-state index contributed by atoms with van der Waals surface area (Å²) in [4.78, 5) is 15.1. The van der Waals surface area contributed by atoms with Gasteiger partial charge in [0.25, 0.3) is 0 Å². The predicted octanol–water partition coefficient (Wildman–Crippen LogP) is 1.66. The van der Waals surface area contributed by atoms with Crippen molar-refractivity contribution in [3.8, 4) is 0 Å². The van der Waals surface area contributed by atoms with Crippen LogP contribution in [0.25, 0.3) is 0 Å². The van der Waals surface area contributed by atoms with Gasteiger partial charge in [0, 0.05) is 17.2 Å². The van der Waals surface area contributed by atoms with Gasteiger partial charge in [-0.1, -0.05) is 0 Å². The molecule has 1 atom stereocenters. The normalized spacial score (nSPS) is 13.1. The summed E-state index contributed by atoms with van der Waals surface area (Å²) in [6.07, 6.45) is -3.43. The van der Waals surface area contributed by atoms with Gasteiger partial charge in [0.15, 0.2) is 0 Å². The van der Waals surface area contributed by atoms with Crippen LogP contribution >= 0.6 is 0 Å². The number of rotatable bonds is 6. The van der Waals surface area contributed by atoms with E-state index in [9.17, 15) is 22.5 Å². The fourth-order valence-electron chi connectivity index (χ4n) is 1.46. The molecule has 0 amide bonds. The molecule has 1 aromatic rings. The lowest BCUT2D eigenvalue weighted by molar-refractivity contribution is -0.136. The lowest BCUT2D eigenvalue weighted by Crippen LogP contribution is -2.38. The molecule has 20 heavy (non-hydrogen) atoms. The third-order valence-corrected chi connectivity index (χ3v) is 3.51. The van der Waals surface area contributed by atoms with Gasteiger partial charge in [0.2, 0.25) is 5.03 Å². The molecular weight excluding hydrogens is 297 g/mol. The molecule has 0 fully saturated rings. The number of aliphatic carboxylic acids is 1. The van der Waals surface area contributed by atoms with E-state index in [1.54, 1.807) is 6.92 Å². The number of aromatic nitrogens is 1. The van der Waals surface area contributed by atoms with Gasteiger partial charge in [-0.3, -0.25) is 4.79 Å². The first kappa shape index (κ1) is 16.6. The van der Waals surface area contributed by atoms with Crippen molar-refractivity contribution in [3.05, 3.63) is 18.3 Å². The van der Waals surface area contributed by atoms with Crippen LogP contribution in [-0.4, -0.2) is 45.6 Å². The maximum atomic E-state index is 12.4. The number of carbonyl (C=O) groups is 1. The molecular formula is C11H13F3N2O3S. The number of carboxylic acid groups (broad SMARTS) is 1. The van der Waals surface area contributed by atoms with Gasteiger partial charge in [-0.05, 0) is 13.0 Å². The number of halogens is 3. The monoisotopic (exact) mass is 310 g/mol. The number of hydrogen-bond acceptors (Lipinski definition) is 4.